The fourth-order valence-corrected chi connectivity index (χ4v) is 2.86. The van der Waals surface area contributed by atoms with E-state index in [0.717, 1.165) is 16.3 Å². The summed E-state index contributed by atoms with van der Waals surface area (Å²) in [5, 5.41) is 14.6. The van der Waals surface area contributed by atoms with Crippen molar-refractivity contribution >= 4 is 34.2 Å². The van der Waals surface area contributed by atoms with Crippen molar-refractivity contribution in [3.63, 3.8) is 0 Å². The summed E-state index contributed by atoms with van der Waals surface area (Å²) in [5.41, 5.74) is 1.25. The molecule has 3 rings (SSSR count). The van der Waals surface area contributed by atoms with Crippen molar-refractivity contribution in [1.82, 2.24) is 5.32 Å². The second-order valence-corrected chi connectivity index (χ2v) is 6.15. The maximum atomic E-state index is 12.3. The summed E-state index contributed by atoms with van der Waals surface area (Å²) in [4.78, 5) is 23.9. The van der Waals surface area contributed by atoms with Crippen LogP contribution < -0.4 is 5.32 Å². The molecule has 0 unspecified atom stereocenters. The number of rotatable bonds is 5. The van der Waals surface area contributed by atoms with E-state index in [0.29, 0.717) is 10.6 Å². The van der Waals surface area contributed by atoms with Crippen molar-refractivity contribution in [3.05, 3.63) is 82.9 Å². The number of fused-ring (bicyclic) bond motifs is 1. The molecule has 0 aliphatic carbocycles. The third-order valence-corrected chi connectivity index (χ3v) is 4.27. The Balaban J connectivity index is 1.83. The number of hydrogen-bond donors (Lipinski definition) is 2. The van der Waals surface area contributed by atoms with E-state index in [1.165, 1.54) is 0 Å². The molecule has 0 saturated heterocycles. The van der Waals surface area contributed by atoms with Gasteiger partial charge >= 0.3 is 5.97 Å². The first-order chi connectivity index (χ1) is 12.0. The van der Waals surface area contributed by atoms with Crippen LogP contribution in [0.15, 0.2) is 66.7 Å². The van der Waals surface area contributed by atoms with Gasteiger partial charge in [0.05, 0.1) is 0 Å². The average molecular weight is 354 g/mol. The van der Waals surface area contributed by atoms with E-state index in [1.807, 2.05) is 42.5 Å². The van der Waals surface area contributed by atoms with Gasteiger partial charge in [-0.25, -0.2) is 4.79 Å². The Bertz CT molecular complexity index is 916. The first kappa shape index (κ1) is 17.0. The second-order valence-electron chi connectivity index (χ2n) is 5.71. The van der Waals surface area contributed by atoms with Crippen LogP contribution in [0, 0.1) is 0 Å². The van der Waals surface area contributed by atoms with Gasteiger partial charge in [-0.3, -0.25) is 4.79 Å². The summed E-state index contributed by atoms with van der Waals surface area (Å²) in [7, 11) is 0. The highest BCUT2D eigenvalue weighted by Crippen LogP contribution is 2.20. The SMILES string of the molecule is O=C(N[C@H](Cc1cccc2ccccc12)C(=O)O)c1ccc(Cl)cc1. The molecule has 0 bridgehead atoms. The van der Waals surface area contributed by atoms with Crippen LogP contribution in [0.2, 0.25) is 5.02 Å². The molecule has 1 atom stereocenters. The van der Waals surface area contributed by atoms with Gasteiger partial charge in [0.2, 0.25) is 0 Å². The third kappa shape index (κ3) is 3.98. The van der Waals surface area contributed by atoms with Crippen LogP contribution in [0.25, 0.3) is 10.8 Å². The lowest BCUT2D eigenvalue weighted by molar-refractivity contribution is -0.139. The first-order valence-corrected chi connectivity index (χ1v) is 8.18. The molecule has 0 aliphatic rings. The maximum absolute atomic E-state index is 12.3. The molecule has 2 N–H and O–H groups in total. The highest BCUT2D eigenvalue weighted by Gasteiger charge is 2.22. The molecule has 3 aromatic carbocycles. The first-order valence-electron chi connectivity index (χ1n) is 7.80. The van der Waals surface area contributed by atoms with Crippen LogP contribution in [0.4, 0.5) is 0 Å². The van der Waals surface area contributed by atoms with Gasteiger partial charge in [-0.15, -0.1) is 0 Å². The van der Waals surface area contributed by atoms with Crippen molar-refractivity contribution in [1.29, 1.82) is 0 Å². The fraction of sp³-hybridized carbons (Fsp3) is 0.100. The van der Waals surface area contributed by atoms with Gasteiger partial charge in [0, 0.05) is 17.0 Å². The van der Waals surface area contributed by atoms with Gasteiger partial charge in [-0.2, -0.15) is 0 Å². The molecule has 5 heteroatoms. The van der Waals surface area contributed by atoms with E-state index in [4.69, 9.17) is 11.6 Å². The highest BCUT2D eigenvalue weighted by molar-refractivity contribution is 6.30. The van der Waals surface area contributed by atoms with Crippen LogP contribution in [0.5, 0.6) is 0 Å². The highest BCUT2D eigenvalue weighted by atomic mass is 35.5. The van der Waals surface area contributed by atoms with Crippen molar-refractivity contribution in [2.45, 2.75) is 12.5 Å². The lowest BCUT2D eigenvalue weighted by Gasteiger charge is -2.16. The Morgan fingerprint density at radius 1 is 0.960 bits per heavy atom. The van der Waals surface area contributed by atoms with Crippen molar-refractivity contribution in [2.24, 2.45) is 0 Å². The number of carboxylic acids is 1. The minimum atomic E-state index is -1.07. The Morgan fingerprint density at radius 2 is 1.64 bits per heavy atom. The predicted octanol–water partition coefficient (Wildman–Crippen LogP) is 3.92. The largest absolute Gasteiger partial charge is 0.480 e. The number of carboxylic acid groups (broad SMARTS) is 1. The number of aliphatic carboxylic acids is 1. The molecule has 0 aliphatic heterocycles. The Morgan fingerprint density at radius 3 is 2.36 bits per heavy atom. The molecule has 3 aromatic rings. The molecule has 0 saturated carbocycles. The summed E-state index contributed by atoms with van der Waals surface area (Å²) >= 11 is 5.81. The quantitative estimate of drug-likeness (QED) is 0.730. The van der Waals surface area contributed by atoms with E-state index < -0.39 is 17.9 Å². The van der Waals surface area contributed by atoms with Crippen molar-refractivity contribution < 1.29 is 14.7 Å². The average Bonchev–Trinajstić information content (AvgIpc) is 2.61. The number of halogens is 1. The van der Waals surface area contributed by atoms with Crippen LogP contribution in [0.1, 0.15) is 15.9 Å². The molecule has 0 fully saturated rings. The molecule has 0 aromatic heterocycles. The summed E-state index contributed by atoms with van der Waals surface area (Å²) in [6.45, 7) is 0. The predicted molar refractivity (Wildman–Crippen MR) is 98.0 cm³/mol. The molecule has 25 heavy (non-hydrogen) atoms. The van der Waals surface area contributed by atoms with Crippen molar-refractivity contribution in [3.8, 4) is 0 Å². The topological polar surface area (TPSA) is 66.4 Å². The van der Waals surface area contributed by atoms with Crippen LogP contribution in [-0.2, 0) is 11.2 Å². The monoisotopic (exact) mass is 353 g/mol. The zero-order valence-corrected chi connectivity index (χ0v) is 14.0. The van der Waals surface area contributed by atoms with Gasteiger partial charge < -0.3 is 10.4 Å². The van der Waals surface area contributed by atoms with Gasteiger partial charge in [-0.1, -0.05) is 54.1 Å². The number of carbonyl (C=O) groups is 2. The maximum Gasteiger partial charge on any atom is 0.326 e. The van der Waals surface area contributed by atoms with Gasteiger partial charge in [0.25, 0.3) is 5.91 Å². The van der Waals surface area contributed by atoms with Crippen LogP contribution in [-0.4, -0.2) is 23.0 Å². The lowest BCUT2D eigenvalue weighted by atomic mass is 9.98. The number of nitrogens with one attached hydrogen (secondary N) is 1. The lowest BCUT2D eigenvalue weighted by Crippen LogP contribution is -2.42. The number of hydrogen-bond acceptors (Lipinski definition) is 2. The molecular weight excluding hydrogens is 338 g/mol. The smallest absolute Gasteiger partial charge is 0.326 e. The van der Waals surface area contributed by atoms with Crippen LogP contribution in [0.3, 0.4) is 0 Å². The molecule has 0 spiro atoms. The summed E-state index contributed by atoms with van der Waals surface area (Å²) in [6, 6.07) is 18.8. The Kier molecular flexibility index (Phi) is 5.00. The molecule has 126 valence electrons. The number of benzene rings is 3. The minimum Gasteiger partial charge on any atom is -0.480 e. The molecule has 4 nitrogen and oxygen atoms in total. The second kappa shape index (κ2) is 7.36. The summed E-state index contributed by atoms with van der Waals surface area (Å²) in [5.74, 6) is -1.51. The molecule has 1 amide bonds. The molecule has 0 heterocycles. The summed E-state index contributed by atoms with van der Waals surface area (Å²) < 4.78 is 0. The molecular formula is C20H16ClNO3. The van der Waals surface area contributed by atoms with E-state index in [-0.39, 0.29) is 6.42 Å². The number of amides is 1. The standard InChI is InChI=1S/C20H16ClNO3/c21-16-10-8-14(9-11-16)19(23)22-18(20(24)25)12-15-6-3-5-13-4-1-2-7-17(13)15/h1-11,18H,12H2,(H,22,23)(H,24,25)/t18-/m1/s1. The zero-order valence-electron chi connectivity index (χ0n) is 13.3. The number of carbonyl (C=O) groups excluding carboxylic acids is 1. The van der Waals surface area contributed by atoms with Crippen LogP contribution >= 0.6 is 11.6 Å². The summed E-state index contributed by atoms with van der Waals surface area (Å²) in [6.07, 6.45) is 0.204. The fourth-order valence-electron chi connectivity index (χ4n) is 2.73. The Hall–Kier alpha value is -2.85. The van der Waals surface area contributed by atoms with E-state index in [2.05, 4.69) is 5.32 Å². The van der Waals surface area contributed by atoms with Gasteiger partial charge in [-0.05, 0) is 40.6 Å². The zero-order chi connectivity index (χ0) is 17.8. The van der Waals surface area contributed by atoms with E-state index in [9.17, 15) is 14.7 Å². The van der Waals surface area contributed by atoms with Crippen molar-refractivity contribution in [2.75, 3.05) is 0 Å². The van der Waals surface area contributed by atoms with Gasteiger partial charge in [0.15, 0.2) is 0 Å². The van der Waals surface area contributed by atoms with E-state index >= 15 is 0 Å². The third-order valence-electron chi connectivity index (χ3n) is 4.01. The Labute approximate surface area is 150 Å². The normalized spacial score (nSPS) is 11.9. The van der Waals surface area contributed by atoms with Gasteiger partial charge in [0.1, 0.15) is 6.04 Å². The molecule has 0 radical (unpaired) electrons. The minimum absolute atomic E-state index is 0.204. The van der Waals surface area contributed by atoms with E-state index in [1.54, 1.807) is 24.3 Å².